The number of furan rings is 1. The molecule has 2 heterocycles. The van der Waals surface area contributed by atoms with Gasteiger partial charge in [-0.15, -0.1) is 0 Å². The van der Waals surface area contributed by atoms with Gasteiger partial charge >= 0.3 is 0 Å². The minimum absolute atomic E-state index is 0.225. The van der Waals surface area contributed by atoms with Crippen molar-refractivity contribution in [2.75, 3.05) is 13.1 Å². The highest BCUT2D eigenvalue weighted by Crippen LogP contribution is 2.29. The Morgan fingerprint density at radius 3 is 2.83 bits per heavy atom. The third kappa shape index (κ3) is 2.62. The van der Waals surface area contributed by atoms with E-state index in [4.69, 9.17) is 4.42 Å². The molecule has 0 spiro atoms. The lowest BCUT2D eigenvalue weighted by Gasteiger charge is -2.47. The van der Waals surface area contributed by atoms with Gasteiger partial charge in [-0.2, -0.15) is 0 Å². The van der Waals surface area contributed by atoms with E-state index in [1.165, 1.54) is 0 Å². The largest absolute Gasteiger partial charge is 0.465 e. The minimum Gasteiger partial charge on any atom is -0.465 e. The molecule has 0 aliphatic carbocycles. The second-order valence-electron chi connectivity index (χ2n) is 5.94. The third-order valence-corrected chi connectivity index (χ3v) is 4.37. The van der Waals surface area contributed by atoms with Crippen molar-refractivity contribution in [2.24, 2.45) is 0 Å². The van der Waals surface area contributed by atoms with Gasteiger partial charge in [-0.25, -0.2) is 0 Å². The van der Waals surface area contributed by atoms with Gasteiger partial charge in [0.2, 0.25) is 0 Å². The van der Waals surface area contributed by atoms with Crippen LogP contribution in [0.3, 0.4) is 0 Å². The van der Waals surface area contributed by atoms with Crippen LogP contribution in [0.4, 0.5) is 0 Å². The van der Waals surface area contributed by atoms with Crippen molar-refractivity contribution >= 4 is 0 Å². The second kappa shape index (κ2) is 5.06. The van der Waals surface area contributed by atoms with Crippen molar-refractivity contribution in [3.8, 4) is 0 Å². The Labute approximate surface area is 111 Å². The number of rotatable bonds is 3. The van der Waals surface area contributed by atoms with Gasteiger partial charge < -0.3 is 9.73 Å². The van der Waals surface area contributed by atoms with Crippen molar-refractivity contribution in [3.63, 3.8) is 0 Å². The molecule has 1 aromatic heterocycles. The Bertz CT molecular complexity index is 401. The smallest absolute Gasteiger partial charge is 0.121 e. The summed E-state index contributed by atoms with van der Waals surface area (Å²) >= 11 is 0. The maximum atomic E-state index is 5.79. The number of nitrogens with one attached hydrogen (secondary N) is 1. The van der Waals surface area contributed by atoms with Crippen molar-refractivity contribution in [3.05, 3.63) is 23.7 Å². The zero-order chi connectivity index (χ0) is 13.3. The normalized spacial score (nSPS) is 31.5. The minimum atomic E-state index is 0.225. The van der Waals surface area contributed by atoms with Crippen LogP contribution in [0.2, 0.25) is 0 Å². The zero-order valence-corrected chi connectivity index (χ0v) is 12.3. The van der Waals surface area contributed by atoms with Crippen molar-refractivity contribution in [2.45, 2.75) is 58.7 Å². The first-order valence-corrected chi connectivity index (χ1v) is 7.02. The Hall–Kier alpha value is -0.800. The summed E-state index contributed by atoms with van der Waals surface area (Å²) < 4.78 is 5.79. The fraction of sp³-hybridized carbons (Fsp3) is 0.733. The van der Waals surface area contributed by atoms with Crippen LogP contribution in [-0.4, -0.2) is 29.6 Å². The Kier molecular flexibility index (Phi) is 3.83. The fourth-order valence-corrected chi connectivity index (χ4v) is 2.72. The molecule has 0 radical (unpaired) electrons. The van der Waals surface area contributed by atoms with Crippen molar-refractivity contribution < 1.29 is 4.42 Å². The van der Waals surface area contributed by atoms with E-state index in [1.54, 1.807) is 0 Å². The molecule has 3 nitrogen and oxygen atoms in total. The summed E-state index contributed by atoms with van der Waals surface area (Å²) in [5.41, 5.74) is 0.225. The molecule has 1 aromatic rings. The van der Waals surface area contributed by atoms with E-state index in [0.717, 1.165) is 31.0 Å². The summed E-state index contributed by atoms with van der Waals surface area (Å²) in [4.78, 5) is 2.55. The standard InChI is InChI=1S/C15H26N2O/c1-6-15(5)10-17(11(2)9-16-15)13(4)14-8-7-12(3)18-14/h7-8,11,13,16H,6,9-10H2,1-5H3. The number of aryl methyl sites for hydroxylation is 1. The first kappa shape index (κ1) is 13.6. The molecule has 0 amide bonds. The summed E-state index contributed by atoms with van der Waals surface area (Å²) in [7, 11) is 0. The molecule has 2 rings (SSSR count). The molecule has 0 saturated carbocycles. The molecule has 3 atom stereocenters. The van der Waals surface area contributed by atoms with E-state index in [1.807, 2.05) is 6.92 Å². The lowest BCUT2D eigenvalue weighted by atomic mass is 9.92. The molecule has 0 bridgehead atoms. The third-order valence-electron chi connectivity index (χ3n) is 4.37. The van der Waals surface area contributed by atoms with Crippen LogP contribution in [0.1, 0.15) is 51.7 Å². The molecular weight excluding hydrogens is 224 g/mol. The van der Waals surface area contributed by atoms with E-state index < -0.39 is 0 Å². The molecule has 1 aliphatic heterocycles. The molecule has 1 saturated heterocycles. The fourth-order valence-electron chi connectivity index (χ4n) is 2.72. The molecule has 18 heavy (non-hydrogen) atoms. The molecule has 1 fully saturated rings. The highest BCUT2D eigenvalue weighted by Gasteiger charge is 2.35. The average molecular weight is 250 g/mol. The van der Waals surface area contributed by atoms with Gasteiger partial charge in [0.1, 0.15) is 11.5 Å². The van der Waals surface area contributed by atoms with Gasteiger partial charge in [0.25, 0.3) is 0 Å². The predicted molar refractivity (Wildman–Crippen MR) is 74.7 cm³/mol. The monoisotopic (exact) mass is 250 g/mol. The van der Waals surface area contributed by atoms with E-state index >= 15 is 0 Å². The zero-order valence-electron chi connectivity index (χ0n) is 12.3. The average Bonchev–Trinajstić information content (AvgIpc) is 2.78. The summed E-state index contributed by atoms with van der Waals surface area (Å²) in [5, 5.41) is 3.66. The molecule has 3 unspecified atom stereocenters. The van der Waals surface area contributed by atoms with Gasteiger partial charge in [-0.05, 0) is 46.2 Å². The van der Waals surface area contributed by atoms with Crippen molar-refractivity contribution in [1.29, 1.82) is 0 Å². The molecule has 1 N–H and O–H groups in total. The van der Waals surface area contributed by atoms with Crippen LogP contribution < -0.4 is 5.32 Å². The van der Waals surface area contributed by atoms with E-state index in [9.17, 15) is 0 Å². The summed E-state index contributed by atoms with van der Waals surface area (Å²) in [6, 6.07) is 5.06. The van der Waals surface area contributed by atoms with Crippen LogP contribution >= 0.6 is 0 Å². The Morgan fingerprint density at radius 1 is 1.56 bits per heavy atom. The van der Waals surface area contributed by atoms with Crippen LogP contribution in [0, 0.1) is 6.92 Å². The van der Waals surface area contributed by atoms with Gasteiger partial charge in [0.05, 0.1) is 6.04 Å². The lowest BCUT2D eigenvalue weighted by molar-refractivity contribution is 0.0513. The first-order chi connectivity index (χ1) is 8.45. The quantitative estimate of drug-likeness (QED) is 0.893. The maximum absolute atomic E-state index is 5.79. The number of hydrogen-bond donors (Lipinski definition) is 1. The number of nitrogens with zero attached hydrogens (tertiary/aromatic N) is 1. The second-order valence-corrected chi connectivity index (χ2v) is 5.94. The maximum Gasteiger partial charge on any atom is 0.121 e. The number of piperazine rings is 1. The highest BCUT2D eigenvalue weighted by atomic mass is 16.3. The van der Waals surface area contributed by atoms with E-state index in [2.05, 4.69) is 50.0 Å². The SMILES string of the molecule is CCC1(C)CN(C(C)c2ccc(C)o2)C(C)CN1. The van der Waals surface area contributed by atoms with Gasteiger partial charge in [0.15, 0.2) is 0 Å². The molecule has 102 valence electrons. The molecule has 1 aliphatic rings. The summed E-state index contributed by atoms with van der Waals surface area (Å²) in [6.45, 7) is 13.2. The summed E-state index contributed by atoms with van der Waals surface area (Å²) in [6.07, 6.45) is 1.15. The van der Waals surface area contributed by atoms with Crippen LogP contribution in [0.15, 0.2) is 16.5 Å². The van der Waals surface area contributed by atoms with Crippen LogP contribution in [0.5, 0.6) is 0 Å². The topological polar surface area (TPSA) is 28.4 Å². The van der Waals surface area contributed by atoms with Gasteiger partial charge in [-0.3, -0.25) is 4.90 Å². The van der Waals surface area contributed by atoms with Crippen LogP contribution in [-0.2, 0) is 0 Å². The van der Waals surface area contributed by atoms with Crippen LogP contribution in [0.25, 0.3) is 0 Å². The van der Waals surface area contributed by atoms with Gasteiger partial charge in [-0.1, -0.05) is 6.92 Å². The van der Waals surface area contributed by atoms with Gasteiger partial charge in [0, 0.05) is 24.7 Å². The number of hydrogen-bond acceptors (Lipinski definition) is 3. The lowest BCUT2D eigenvalue weighted by Crippen LogP contribution is -2.62. The first-order valence-electron chi connectivity index (χ1n) is 7.02. The Morgan fingerprint density at radius 2 is 2.28 bits per heavy atom. The van der Waals surface area contributed by atoms with E-state index in [-0.39, 0.29) is 5.54 Å². The molecular formula is C15H26N2O. The Balaban J connectivity index is 2.15. The van der Waals surface area contributed by atoms with Crippen molar-refractivity contribution in [1.82, 2.24) is 10.2 Å². The predicted octanol–water partition coefficient (Wildman–Crippen LogP) is 3.11. The molecule has 3 heteroatoms. The van der Waals surface area contributed by atoms with E-state index in [0.29, 0.717) is 12.1 Å². The molecule has 0 aromatic carbocycles. The highest BCUT2D eigenvalue weighted by molar-refractivity contribution is 5.10. The summed E-state index contributed by atoms with van der Waals surface area (Å²) in [5.74, 6) is 2.08.